The van der Waals surface area contributed by atoms with E-state index in [1.165, 1.54) is 18.2 Å². The van der Waals surface area contributed by atoms with Gasteiger partial charge in [-0.3, -0.25) is 4.79 Å². The van der Waals surface area contributed by atoms with Gasteiger partial charge in [-0.15, -0.1) is 0 Å². The molecule has 0 aliphatic rings. The number of benzene rings is 3. The Morgan fingerprint density at radius 1 is 1.13 bits per heavy atom. The molecule has 0 radical (unpaired) electrons. The second kappa shape index (κ2) is 10.2. The Kier molecular flexibility index (Phi) is 7.42. The minimum atomic E-state index is -0.466. The zero-order valence-electron chi connectivity index (χ0n) is 17.1. The Morgan fingerprint density at radius 2 is 1.94 bits per heavy atom. The van der Waals surface area contributed by atoms with E-state index < -0.39 is 5.91 Å². The van der Waals surface area contributed by atoms with Crippen LogP contribution in [0.5, 0.6) is 5.75 Å². The summed E-state index contributed by atoms with van der Waals surface area (Å²) >= 11 is 2.13. The first-order valence-corrected chi connectivity index (χ1v) is 10.6. The van der Waals surface area contributed by atoms with E-state index in [0.29, 0.717) is 17.0 Å². The van der Waals surface area contributed by atoms with Gasteiger partial charge >= 0.3 is 0 Å². The number of anilines is 1. The molecule has 31 heavy (non-hydrogen) atoms. The smallest absolute Gasteiger partial charge is 0.266 e. The van der Waals surface area contributed by atoms with Crippen molar-refractivity contribution < 1.29 is 13.9 Å². The van der Waals surface area contributed by atoms with Crippen LogP contribution < -0.4 is 10.1 Å². The number of amides is 1. The van der Waals surface area contributed by atoms with Crippen LogP contribution in [-0.2, 0) is 11.4 Å². The number of nitrogens with one attached hydrogen (secondary N) is 1. The van der Waals surface area contributed by atoms with Crippen molar-refractivity contribution in [2.75, 3.05) is 5.32 Å². The molecule has 0 saturated heterocycles. The molecule has 0 saturated carbocycles. The van der Waals surface area contributed by atoms with Gasteiger partial charge in [-0.05, 0) is 101 Å². The summed E-state index contributed by atoms with van der Waals surface area (Å²) in [5.41, 5.74) is 4.27. The fourth-order valence-corrected chi connectivity index (χ4v) is 3.54. The zero-order valence-corrected chi connectivity index (χ0v) is 19.2. The molecule has 0 unspecified atom stereocenters. The molecule has 1 N–H and O–H groups in total. The number of ether oxygens (including phenoxy) is 1. The van der Waals surface area contributed by atoms with E-state index in [4.69, 9.17) is 4.74 Å². The summed E-state index contributed by atoms with van der Waals surface area (Å²) in [6, 6.07) is 19.2. The Morgan fingerprint density at radius 3 is 2.61 bits per heavy atom. The number of carbonyl (C=O) groups is 1. The molecule has 0 atom stereocenters. The van der Waals surface area contributed by atoms with Crippen molar-refractivity contribution >= 4 is 40.3 Å². The largest absolute Gasteiger partial charge is 0.488 e. The van der Waals surface area contributed by atoms with Crippen LogP contribution in [-0.4, -0.2) is 5.91 Å². The van der Waals surface area contributed by atoms with E-state index in [9.17, 15) is 14.4 Å². The third-order valence-corrected chi connectivity index (χ3v) is 5.52. The van der Waals surface area contributed by atoms with Gasteiger partial charge in [0.05, 0.1) is 3.57 Å². The molecule has 0 spiro atoms. The highest BCUT2D eigenvalue weighted by atomic mass is 127. The van der Waals surface area contributed by atoms with Gasteiger partial charge in [0.2, 0.25) is 0 Å². The van der Waals surface area contributed by atoms with E-state index in [2.05, 4.69) is 27.9 Å². The number of hydrogen-bond donors (Lipinski definition) is 1. The maximum Gasteiger partial charge on any atom is 0.266 e. The molecule has 3 aromatic carbocycles. The third kappa shape index (κ3) is 6.15. The number of nitrogens with zero attached hydrogens (tertiary/aromatic N) is 1. The van der Waals surface area contributed by atoms with Gasteiger partial charge < -0.3 is 10.1 Å². The van der Waals surface area contributed by atoms with Crippen molar-refractivity contribution in [3.05, 3.63) is 97.9 Å². The van der Waals surface area contributed by atoms with Crippen molar-refractivity contribution in [1.82, 2.24) is 0 Å². The highest BCUT2D eigenvalue weighted by Gasteiger charge is 2.11. The molecule has 0 fully saturated rings. The van der Waals surface area contributed by atoms with Crippen LogP contribution in [0.2, 0.25) is 0 Å². The molecule has 0 aromatic heterocycles. The SMILES string of the molecule is Cc1ccc(NC(=O)/C(C#N)=C/c2ccc(OCc3cccc(F)c3)c(I)c2)cc1C. The van der Waals surface area contributed by atoms with E-state index in [1.807, 2.05) is 44.2 Å². The summed E-state index contributed by atoms with van der Waals surface area (Å²) in [5, 5.41) is 12.2. The maximum atomic E-state index is 13.3. The Hall–Kier alpha value is -3.18. The number of nitriles is 1. The number of hydrogen-bond acceptors (Lipinski definition) is 3. The average molecular weight is 526 g/mol. The van der Waals surface area contributed by atoms with Gasteiger partial charge in [0.1, 0.15) is 29.8 Å². The summed E-state index contributed by atoms with van der Waals surface area (Å²) in [4.78, 5) is 12.5. The normalized spacial score (nSPS) is 11.0. The molecule has 6 heteroatoms. The minimum Gasteiger partial charge on any atom is -0.488 e. The minimum absolute atomic E-state index is 0.00228. The van der Waals surface area contributed by atoms with Gasteiger partial charge in [-0.1, -0.05) is 24.3 Å². The van der Waals surface area contributed by atoms with E-state index in [-0.39, 0.29) is 18.0 Å². The second-order valence-electron chi connectivity index (χ2n) is 7.03. The molecule has 0 bridgehead atoms. The summed E-state index contributed by atoms with van der Waals surface area (Å²) < 4.78 is 19.9. The molecule has 0 aliphatic heterocycles. The van der Waals surface area contributed by atoms with Crippen LogP contribution in [0, 0.1) is 34.6 Å². The molecule has 3 aromatic rings. The molecule has 4 nitrogen and oxygen atoms in total. The highest BCUT2D eigenvalue weighted by Crippen LogP contribution is 2.25. The Labute approximate surface area is 194 Å². The fraction of sp³-hybridized carbons (Fsp3) is 0.120. The van der Waals surface area contributed by atoms with Crippen molar-refractivity contribution in [2.45, 2.75) is 20.5 Å². The standard InChI is InChI=1S/C25H20FIN2O2/c1-16-6-8-22(10-17(16)2)29-25(30)20(14-28)11-18-7-9-24(23(27)13-18)31-15-19-4-3-5-21(26)12-19/h3-13H,15H2,1-2H3,(H,29,30)/b20-11+. The summed E-state index contributed by atoms with van der Waals surface area (Å²) in [7, 11) is 0. The summed E-state index contributed by atoms with van der Waals surface area (Å²) in [6.07, 6.45) is 1.54. The predicted molar refractivity (Wildman–Crippen MR) is 128 cm³/mol. The monoisotopic (exact) mass is 526 g/mol. The lowest BCUT2D eigenvalue weighted by atomic mass is 10.1. The van der Waals surface area contributed by atoms with Crippen molar-refractivity contribution in [3.8, 4) is 11.8 Å². The fourth-order valence-electron chi connectivity index (χ4n) is 2.84. The average Bonchev–Trinajstić information content (AvgIpc) is 2.74. The van der Waals surface area contributed by atoms with Crippen LogP contribution in [0.15, 0.2) is 66.2 Å². The first kappa shape index (κ1) is 22.5. The first-order valence-electron chi connectivity index (χ1n) is 9.53. The zero-order chi connectivity index (χ0) is 22.4. The van der Waals surface area contributed by atoms with Gasteiger partial charge in [0.15, 0.2) is 0 Å². The maximum absolute atomic E-state index is 13.3. The third-order valence-electron chi connectivity index (χ3n) is 4.68. The van der Waals surface area contributed by atoms with Crippen LogP contribution in [0.3, 0.4) is 0 Å². The summed E-state index contributed by atoms with van der Waals surface area (Å²) in [5.74, 6) is -0.133. The lowest BCUT2D eigenvalue weighted by Gasteiger charge is -2.10. The van der Waals surface area contributed by atoms with Crippen LogP contribution in [0.1, 0.15) is 22.3 Å². The van der Waals surface area contributed by atoms with Crippen LogP contribution in [0.4, 0.5) is 10.1 Å². The van der Waals surface area contributed by atoms with Gasteiger partial charge in [-0.25, -0.2) is 4.39 Å². The lowest BCUT2D eigenvalue weighted by molar-refractivity contribution is -0.112. The molecule has 156 valence electrons. The molecule has 0 heterocycles. The lowest BCUT2D eigenvalue weighted by Crippen LogP contribution is -2.13. The quantitative estimate of drug-likeness (QED) is 0.237. The van der Waals surface area contributed by atoms with E-state index in [1.54, 1.807) is 24.3 Å². The van der Waals surface area contributed by atoms with Gasteiger partial charge in [-0.2, -0.15) is 5.26 Å². The number of rotatable bonds is 6. The van der Waals surface area contributed by atoms with Gasteiger partial charge in [0.25, 0.3) is 5.91 Å². The van der Waals surface area contributed by atoms with Crippen LogP contribution in [0.25, 0.3) is 6.08 Å². The van der Waals surface area contributed by atoms with E-state index >= 15 is 0 Å². The number of carbonyl (C=O) groups excluding carboxylic acids is 1. The second-order valence-corrected chi connectivity index (χ2v) is 8.19. The molecular formula is C25H20FIN2O2. The first-order chi connectivity index (χ1) is 14.9. The highest BCUT2D eigenvalue weighted by molar-refractivity contribution is 14.1. The van der Waals surface area contributed by atoms with Crippen LogP contribution >= 0.6 is 22.6 Å². The van der Waals surface area contributed by atoms with Crippen molar-refractivity contribution in [2.24, 2.45) is 0 Å². The van der Waals surface area contributed by atoms with Gasteiger partial charge in [0, 0.05) is 5.69 Å². The number of halogens is 2. The molecule has 3 rings (SSSR count). The number of aryl methyl sites for hydroxylation is 2. The van der Waals surface area contributed by atoms with Crippen molar-refractivity contribution in [3.63, 3.8) is 0 Å². The predicted octanol–water partition coefficient (Wildman–Crippen LogP) is 6.17. The molecule has 0 aliphatic carbocycles. The van der Waals surface area contributed by atoms with E-state index in [0.717, 1.165) is 20.3 Å². The topological polar surface area (TPSA) is 62.1 Å². The molecular weight excluding hydrogens is 506 g/mol. The summed E-state index contributed by atoms with van der Waals surface area (Å²) in [6.45, 7) is 4.20. The molecule has 1 amide bonds. The Bertz CT molecular complexity index is 1200. The Balaban J connectivity index is 1.71. The van der Waals surface area contributed by atoms with Crippen molar-refractivity contribution in [1.29, 1.82) is 5.26 Å².